The minimum absolute atomic E-state index is 0.173. The minimum Gasteiger partial charge on any atom is -0.281 e. The van der Waals surface area contributed by atoms with Gasteiger partial charge in [0.05, 0.1) is 10.2 Å². The molecule has 0 aliphatic carbocycles. The van der Waals surface area contributed by atoms with Crippen molar-refractivity contribution in [1.29, 1.82) is 0 Å². The lowest BCUT2D eigenvalue weighted by atomic mass is 10.2. The average molecular weight is 403 g/mol. The molecule has 2 N–H and O–H groups in total. The number of anilines is 1. The number of sulfonamides is 1. The molecule has 0 atom stereocenters. The zero-order valence-electron chi connectivity index (χ0n) is 14.4. The van der Waals surface area contributed by atoms with E-state index in [0.717, 1.165) is 20.5 Å². The van der Waals surface area contributed by atoms with Gasteiger partial charge in [-0.25, -0.2) is 14.5 Å². The van der Waals surface area contributed by atoms with Crippen LogP contribution in [0, 0.1) is 13.8 Å². The summed E-state index contributed by atoms with van der Waals surface area (Å²) in [5, 5.41) is 1.95. The molecule has 138 valence electrons. The summed E-state index contributed by atoms with van der Waals surface area (Å²) < 4.78 is 34.7. The van der Waals surface area contributed by atoms with Gasteiger partial charge in [-0.15, -0.1) is 0 Å². The number of nitrogens with one attached hydrogen (secondary N) is 2. The first kappa shape index (κ1) is 17.4. The Balaban J connectivity index is 1.76. The van der Waals surface area contributed by atoms with E-state index >= 15 is 0 Å². The third kappa shape index (κ3) is 3.24. The monoisotopic (exact) mass is 403 g/mol. The highest BCUT2D eigenvalue weighted by molar-refractivity contribution is 7.92. The molecule has 2 aromatic heterocycles. The maximum absolute atomic E-state index is 12.8. The summed E-state index contributed by atoms with van der Waals surface area (Å²) in [7, 11) is -4.22. The molecule has 0 saturated heterocycles. The van der Waals surface area contributed by atoms with Crippen molar-refractivity contribution in [3.8, 4) is 5.69 Å². The van der Waals surface area contributed by atoms with E-state index in [2.05, 4.69) is 15.0 Å². The van der Waals surface area contributed by atoms with Crippen LogP contribution in [-0.4, -0.2) is 18.7 Å². The van der Waals surface area contributed by atoms with Crippen LogP contribution in [0.1, 0.15) is 11.1 Å². The Morgan fingerprint density at radius 1 is 1.11 bits per heavy atom. The number of aromatic nitrogens is 3. The number of H-pyrrole nitrogens is 1. The SMILES string of the molecule is Cc1ccc(-[n+]2[nH]oc(=O)c2S(=O)(=O)Nc2nc3cc(C)ccc3s2)cc1. The fourth-order valence-electron chi connectivity index (χ4n) is 2.60. The second-order valence-corrected chi connectivity index (χ2v) is 8.68. The Labute approximate surface area is 158 Å². The van der Waals surface area contributed by atoms with Crippen LogP contribution >= 0.6 is 11.3 Å². The number of aryl methyl sites for hydroxylation is 2. The molecule has 0 saturated carbocycles. The molecule has 0 amide bonds. The maximum Gasteiger partial charge on any atom is 0.449 e. The number of aromatic amines is 1. The fraction of sp³-hybridized carbons (Fsp3) is 0.118. The molecule has 10 heteroatoms. The van der Waals surface area contributed by atoms with Crippen molar-refractivity contribution in [2.24, 2.45) is 0 Å². The lowest BCUT2D eigenvalue weighted by Crippen LogP contribution is -2.42. The molecular weight excluding hydrogens is 388 g/mol. The topological polar surface area (TPSA) is 109 Å². The lowest BCUT2D eigenvalue weighted by Gasteiger charge is -1.99. The third-order valence-electron chi connectivity index (χ3n) is 3.92. The Hall–Kier alpha value is -2.98. The van der Waals surface area contributed by atoms with Gasteiger partial charge in [0.1, 0.15) is 0 Å². The normalized spacial score (nSPS) is 11.8. The number of nitrogens with zero attached hydrogens (tertiary/aromatic N) is 2. The third-order valence-corrected chi connectivity index (χ3v) is 6.32. The van der Waals surface area contributed by atoms with Gasteiger partial charge in [0.2, 0.25) is 5.69 Å². The highest BCUT2D eigenvalue weighted by Gasteiger charge is 2.37. The summed E-state index contributed by atoms with van der Waals surface area (Å²) in [6.07, 6.45) is 0. The zero-order chi connectivity index (χ0) is 19.2. The molecule has 0 unspecified atom stereocenters. The molecule has 8 nitrogen and oxygen atoms in total. The second kappa shape index (κ2) is 6.32. The van der Waals surface area contributed by atoms with Crippen molar-refractivity contribution in [1.82, 2.24) is 10.3 Å². The van der Waals surface area contributed by atoms with E-state index < -0.39 is 20.7 Å². The summed E-state index contributed by atoms with van der Waals surface area (Å²) in [6.45, 7) is 3.83. The smallest absolute Gasteiger partial charge is 0.281 e. The molecule has 4 rings (SSSR count). The van der Waals surface area contributed by atoms with Crippen molar-refractivity contribution in [2.75, 3.05) is 4.72 Å². The predicted octanol–water partition coefficient (Wildman–Crippen LogP) is 2.27. The second-order valence-electron chi connectivity index (χ2n) is 6.05. The van der Waals surface area contributed by atoms with Gasteiger partial charge in [-0.05, 0) is 41.5 Å². The van der Waals surface area contributed by atoms with Gasteiger partial charge in [0.25, 0.3) is 0 Å². The highest BCUT2D eigenvalue weighted by Crippen LogP contribution is 2.27. The van der Waals surface area contributed by atoms with E-state index in [-0.39, 0.29) is 5.13 Å². The van der Waals surface area contributed by atoms with Crippen LogP contribution < -0.4 is 15.0 Å². The molecule has 0 fully saturated rings. The van der Waals surface area contributed by atoms with Crippen molar-refractivity contribution < 1.29 is 17.6 Å². The zero-order valence-corrected chi connectivity index (χ0v) is 16.0. The molecule has 0 aliphatic rings. The highest BCUT2D eigenvalue weighted by atomic mass is 32.2. The van der Waals surface area contributed by atoms with Crippen LogP contribution in [0.5, 0.6) is 0 Å². The van der Waals surface area contributed by atoms with Gasteiger partial charge in [-0.2, -0.15) is 8.42 Å². The number of hydrogen-bond acceptors (Lipinski definition) is 6. The van der Waals surface area contributed by atoms with Crippen molar-refractivity contribution in [3.05, 3.63) is 64.0 Å². The Morgan fingerprint density at radius 2 is 1.81 bits per heavy atom. The van der Waals surface area contributed by atoms with Gasteiger partial charge in [0.15, 0.2) is 5.13 Å². The molecule has 0 spiro atoms. The molecule has 0 aliphatic heterocycles. The van der Waals surface area contributed by atoms with Crippen molar-refractivity contribution in [3.63, 3.8) is 0 Å². The van der Waals surface area contributed by atoms with Crippen LogP contribution in [0.4, 0.5) is 5.13 Å². The standard InChI is InChI=1S/C17H14N4O4S2/c1-10-3-6-12(7-4-10)21-15(16(22)25-20-21)27(23,24)19-17-18-13-9-11(2)5-8-14(13)26-17/h3-9H,1-2H3,(H-,18,19,20,22)/p+1. The molecule has 2 aromatic carbocycles. The van der Waals surface area contributed by atoms with Gasteiger partial charge in [0, 0.05) is 12.1 Å². The maximum atomic E-state index is 12.8. The van der Waals surface area contributed by atoms with Gasteiger partial charge >= 0.3 is 20.7 Å². The van der Waals surface area contributed by atoms with Crippen molar-refractivity contribution in [2.45, 2.75) is 18.9 Å². The number of thiazole rings is 1. The summed E-state index contributed by atoms with van der Waals surface area (Å²) >= 11 is 1.19. The average Bonchev–Trinajstić information content (AvgIpc) is 3.18. The first-order valence-electron chi connectivity index (χ1n) is 7.94. The van der Waals surface area contributed by atoms with E-state index in [4.69, 9.17) is 4.52 Å². The quantitative estimate of drug-likeness (QED) is 0.508. The van der Waals surface area contributed by atoms with Gasteiger partial charge < -0.3 is 0 Å². The molecule has 27 heavy (non-hydrogen) atoms. The van der Waals surface area contributed by atoms with E-state index in [0.29, 0.717) is 11.2 Å². The number of fused-ring (bicyclic) bond motifs is 1. The molecule has 0 radical (unpaired) electrons. The Kier molecular flexibility index (Phi) is 4.08. The largest absolute Gasteiger partial charge is 0.449 e. The van der Waals surface area contributed by atoms with Crippen molar-refractivity contribution >= 4 is 36.7 Å². The minimum atomic E-state index is -4.22. The van der Waals surface area contributed by atoms with Crippen LogP contribution in [-0.2, 0) is 10.0 Å². The first-order chi connectivity index (χ1) is 12.8. The summed E-state index contributed by atoms with van der Waals surface area (Å²) in [5.74, 6) is 0. The number of rotatable bonds is 4. The molecular formula is C17H15N4O4S2+. The van der Waals surface area contributed by atoms with Crippen LogP contribution in [0.3, 0.4) is 0 Å². The van der Waals surface area contributed by atoms with Crippen LogP contribution in [0.25, 0.3) is 15.9 Å². The Morgan fingerprint density at radius 3 is 2.56 bits per heavy atom. The summed E-state index contributed by atoms with van der Waals surface area (Å²) in [5.41, 5.74) is 2.15. The number of hydrogen-bond donors (Lipinski definition) is 2. The fourth-order valence-corrected chi connectivity index (χ4v) is 4.81. The van der Waals surface area contributed by atoms with Crippen LogP contribution in [0.15, 0.2) is 56.8 Å². The van der Waals surface area contributed by atoms with Crippen LogP contribution in [0.2, 0.25) is 0 Å². The van der Waals surface area contributed by atoms with E-state index in [1.54, 1.807) is 24.3 Å². The first-order valence-corrected chi connectivity index (χ1v) is 10.2. The van der Waals surface area contributed by atoms with Gasteiger partial charge in [-0.3, -0.25) is 4.52 Å². The Bertz CT molecular complexity index is 1300. The molecule has 0 bridgehead atoms. The summed E-state index contributed by atoms with van der Waals surface area (Å²) in [4.78, 5) is 16.4. The molecule has 4 aromatic rings. The summed E-state index contributed by atoms with van der Waals surface area (Å²) in [6, 6.07) is 12.6. The number of benzene rings is 2. The van der Waals surface area contributed by atoms with Gasteiger partial charge in [-0.1, -0.05) is 35.1 Å². The van der Waals surface area contributed by atoms with E-state index in [1.807, 2.05) is 32.0 Å². The lowest BCUT2D eigenvalue weighted by molar-refractivity contribution is -0.705. The predicted molar refractivity (Wildman–Crippen MR) is 101 cm³/mol. The van der Waals surface area contributed by atoms with E-state index in [1.165, 1.54) is 11.3 Å². The van der Waals surface area contributed by atoms with E-state index in [9.17, 15) is 13.2 Å². The molecule has 2 heterocycles.